The summed E-state index contributed by atoms with van der Waals surface area (Å²) in [5.41, 5.74) is 2.81. The molecule has 3 heterocycles. The van der Waals surface area contributed by atoms with E-state index in [1.54, 1.807) is 25.7 Å². The first-order valence-corrected chi connectivity index (χ1v) is 12.6. The van der Waals surface area contributed by atoms with Crippen molar-refractivity contribution in [2.24, 2.45) is 0 Å². The number of sulfonamides is 1. The van der Waals surface area contributed by atoms with Crippen molar-refractivity contribution >= 4 is 32.4 Å². The highest BCUT2D eigenvalue weighted by atomic mass is 32.2. The van der Waals surface area contributed by atoms with E-state index in [-0.39, 0.29) is 0 Å². The minimum Gasteiger partial charge on any atom is -0.491 e. The number of aromatic nitrogens is 3. The third-order valence-electron chi connectivity index (χ3n) is 5.85. The number of aromatic amines is 1. The lowest BCUT2D eigenvalue weighted by molar-refractivity contribution is 0.225. The third kappa shape index (κ3) is 5.13. The smallest absolute Gasteiger partial charge is 0.229 e. The highest BCUT2D eigenvalue weighted by Crippen LogP contribution is 2.28. The van der Waals surface area contributed by atoms with Crippen LogP contribution in [0.3, 0.4) is 0 Å². The summed E-state index contributed by atoms with van der Waals surface area (Å²) in [6.07, 6.45) is 8.42. The van der Waals surface area contributed by atoms with E-state index < -0.39 is 10.0 Å². The van der Waals surface area contributed by atoms with Gasteiger partial charge in [-0.15, -0.1) is 0 Å². The molecule has 1 aliphatic rings. The lowest BCUT2D eigenvalue weighted by atomic mass is 10.1. The number of hydrogen-bond donors (Lipinski definition) is 2. The van der Waals surface area contributed by atoms with Gasteiger partial charge in [-0.25, -0.2) is 18.4 Å². The molecule has 10 heteroatoms. The fraction of sp³-hybridized carbons (Fsp3) is 0.455. The molecule has 0 bridgehead atoms. The van der Waals surface area contributed by atoms with E-state index in [0.717, 1.165) is 62.0 Å². The summed E-state index contributed by atoms with van der Waals surface area (Å²) in [6.45, 7) is 6.04. The van der Waals surface area contributed by atoms with Gasteiger partial charge in [-0.1, -0.05) is 0 Å². The number of rotatable bonds is 8. The molecule has 1 saturated heterocycles. The minimum absolute atomic E-state index is 0.324. The molecular formula is C22H30N6O3S. The van der Waals surface area contributed by atoms with Crippen LogP contribution in [0.4, 0.5) is 11.5 Å². The Bertz CT molecular complexity index is 1180. The first-order chi connectivity index (χ1) is 15.3. The Labute approximate surface area is 188 Å². The van der Waals surface area contributed by atoms with E-state index in [2.05, 4.69) is 36.4 Å². The molecule has 9 nitrogen and oxygen atoms in total. The second-order valence-corrected chi connectivity index (χ2v) is 10.1. The number of anilines is 2. The molecule has 1 aromatic carbocycles. The third-order valence-corrected chi connectivity index (χ3v) is 6.46. The number of methoxy groups -OCH3 is 1. The fourth-order valence-corrected chi connectivity index (χ4v) is 4.93. The maximum atomic E-state index is 11.5. The molecular weight excluding hydrogens is 428 g/mol. The van der Waals surface area contributed by atoms with E-state index >= 15 is 0 Å². The monoisotopic (exact) mass is 458 g/mol. The van der Waals surface area contributed by atoms with Crippen LogP contribution in [0.1, 0.15) is 18.9 Å². The molecule has 2 aromatic heterocycles. The average molecular weight is 459 g/mol. The van der Waals surface area contributed by atoms with E-state index in [9.17, 15) is 8.42 Å². The summed E-state index contributed by atoms with van der Waals surface area (Å²) in [7, 11) is -1.65. The van der Waals surface area contributed by atoms with Gasteiger partial charge in [0.15, 0.2) is 11.6 Å². The van der Waals surface area contributed by atoms with Crippen molar-refractivity contribution in [1.29, 1.82) is 0 Å². The Kier molecular flexibility index (Phi) is 6.52. The molecule has 172 valence electrons. The van der Waals surface area contributed by atoms with Gasteiger partial charge in [-0.05, 0) is 50.1 Å². The Morgan fingerprint density at radius 3 is 2.91 bits per heavy atom. The normalized spacial score (nSPS) is 17.6. The number of nitrogens with one attached hydrogen (secondary N) is 2. The summed E-state index contributed by atoms with van der Waals surface area (Å²) >= 11 is 0. The number of fused-ring (bicyclic) bond motifs is 1. The average Bonchev–Trinajstić information content (AvgIpc) is 3.15. The molecule has 32 heavy (non-hydrogen) atoms. The zero-order chi connectivity index (χ0) is 22.7. The zero-order valence-corrected chi connectivity index (χ0v) is 19.5. The van der Waals surface area contributed by atoms with Crippen LogP contribution in [-0.2, 0) is 16.4 Å². The lowest BCUT2D eigenvalue weighted by Gasteiger charge is -2.40. The van der Waals surface area contributed by atoms with Crippen molar-refractivity contribution in [3.63, 3.8) is 0 Å². The molecule has 4 rings (SSSR count). The number of ether oxygens (including phenoxy) is 1. The molecule has 1 unspecified atom stereocenters. The van der Waals surface area contributed by atoms with Crippen LogP contribution in [0.15, 0.2) is 36.9 Å². The van der Waals surface area contributed by atoms with Crippen molar-refractivity contribution in [2.45, 2.75) is 25.8 Å². The van der Waals surface area contributed by atoms with Gasteiger partial charge in [-0.2, -0.15) is 0 Å². The second kappa shape index (κ2) is 9.33. The van der Waals surface area contributed by atoms with Gasteiger partial charge < -0.3 is 14.6 Å². The SMILES string of the molecule is COc1cncnc1N1CCN(CCCc2c[nH]c3ccc(NS(C)(=O)=O)cc23)CC1C. The summed E-state index contributed by atoms with van der Waals surface area (Å²) in [4.78, 5) is 16.5. The minimum atomic E-state index is -3.29. The van der Waals surface area contributed by atoms with Gasteiger partial charge in [0.25, 0.3) is 0 Å². The van der Waals surface area contributed by atoms with Crippen LogP contribution in [0.2, 0.25) is 0 Å². The van der Waals surface area contributed by atoms with Crippen LogP contribution in [0.5, 0.6) is 5.75 Å². The van der Waals surface area contributed by atoms with Crippen molar-refractivity contribution in [2.75, 3.05) is 49.2 Å². The zero-order valence-electron chi connectivity index (χ0n) is 18.7. The Hall–Kier alpha value is -2.85. The molecule has 0 amide bonds. The molecule has 0 saturated carbocycles. The van der Waals surface area contributed by atoms with E-state index in [4.69, 9.17) is 4.74 Å². The lowest BCUT2D eigenvalue weighted by Crippen LogP contribution is -2.52. The van der Waals surface area contributed by atoms with Crippen molar-refractivity contribution in [3.8, 4) is 5.75 Å². The molecule has 0 spiro atoms. The van der Waals surface area contributed by atoms with Crippen molar-refractivity contribution in [3.05, 3.63) is 42.5 Å². The molecule has 0 radical (unpaired) electrons. The van der Waals surface area contributed by atoms with Crippen molar-refractivity contribution in [1.82, 2.24) is 19.9 Å². The summed E-state index contributed by atoms with van der Waals surface area (Å²) in [5.74, 6) is 1.56. The van der Waals surface area contributed by atoms with Gasteiger partial charge in [0, 0.05) is 48.5 Å². The summed E-state index contributed by atoms with van der Waals surface area (Å²) in [5, 5.41) is 1.06. The quantitative estimate of drug-likeness (QED) is 0.534. The van der Waals surface area contributed by atoms with E-state index in [1.807, 2.05) is 18.3 Å². The number of H-pyrrole nitrogens is 1. The molecule has 1 aliphatic heterocycles. The summed E-state index contributed by atoms with van der Waals surface area (Å²) < 4.78 is 31.1. The van der Waals surface area contributed by atoms with Gasteiger partial charge in [-0.3, -0.25) is 9.62 Å². The van der Waals surface area contributed by atoms with Gasteiger partial charge in [0.2, 0.25) is 10.0 Å². The van der Waals surface area contributed by atoms with Gasteiger partial charge in [0.05, 0.1) is 19.6 Å². The van der Waals surface area contributed by atoms with Crippen LogP contribution >= 0.6 is 0 Å². The molecule has 1 atom stereocenters. The number of benzene rings is 1. The maximum Gasteiger partial charge on any atom is 0.229 e. The van der Waals surface area contributed by atoms with Gasteiger partial charge >= 0.3 is 0 Å². The van der Waals surface area contributed by atoms with Gasteiger partial charge in [0.1, 0.15) is 6.33 Å². The first-order valence-electron chi connectivity index (χ1n) is 10.7. The maximum absolute atomic E-state index is 11.5. The highest BCUT2D eigenvalue weighted by molar-refractivity contribution is 7.92. The summed E-state index contributed by atoms with van der Waals surface area (Å²) in [6, 6.07) is 5.91. The molecule has 3 aromatic rings. The number of piperazine rings is 1. The van der Waals surface area contributed by atoms with Crippen LogP contribution < -0.4 is 14.4 Å². The molecule has 0 aliphatic carbocycles. The highest BCUT2D eigenvalue weighted by Gasteiger charge is 2.26. The Morgan fingerprint density at radius 1 is 1.31 bits per heavy atom. The van der Waals surface area contributed by atoms with Crippen LogP contribution in [0, 0.1) is 0 Å². The van der Waals surface area contributed by atoms with Crippen LogP contribution in [-0.4, -0.2) is 73.9 Å². The predicted molar refractivity (Wildman–Crippen MR) is 127 cm³/mol. The first kappa shape index (κ1) is 22.3. The number of hydrogen-bond acceptors (Lipinski definition) is 7. The largest absolute Gasteiger partial charge is 0.491 e. The Balaban J connectivity index is 1.34. The van der Waals surface area contributed by atoms with E-state index in [1.165, 1.54) is 5.56 Å². The number of nitrogens with zero attached hydrogens (tertiary/aromatic N) is 4. The van der Waals surface area contributed by atoms with Crippen LogP contribution in [0.25, 0.3) is 10.9 Å². The standard InChI is InChI=1S/C22H30N6O3S/c1-16-14-27(9-10-28(16)22-21(31-2)13-23-15-25-22)8-4-5-17-12-24-20-7-6-18(11-19(17)20)26-32(3,29)30/h6-7,11-13,15-16,24,26H,4-5,8-10,14H2,1-3H3. The molecule has 2 N–H and O–H groups in total. The topological polar surface area (TPSA) is 103 Å². The Morgan fingerprint density at radius 2 is 2.16 bits per heavy atom. The predicted octanol–water partition coefficient (Wildman–Crippen LogP) is 2.48. The number of aryl methyl sites for hydroxylation is 1. The molecule has 1 fully saturated rings. The van der Waals surface area contributed by atoms with Crippen molar-refractivity contribution < 1.29 is 13.2 Å². The second-order valence-electron chi connectivity index (χ2n) is 8.31. The van der Waals surface area contributed by atoms with E-state index in [0.29, 0.717) is 17.5 Å². The fourth-order valence-electron chi connectivity index (χ4n) is 4.38.